The average molecular weight is 390 g/mol. The molecule has 3 rings (SSSR count). The molecule has 3 N–H and O–H groups in total. The Morgan fingerprint density at radius 2 is 1.96 bits per heavy atom. The van der Waals surface area contributed by atoms with Crippen LogP contribution in [0.4, 0.5) is 5.69 Å². The van der Waals surface area contributed by atoms with Gasteiger partial charge in [-0.15, -0.1) is 0 Å². The molecular formula is C20H24ClN3O3. The summed E-state index contributed by atoms with van der Waals surface area (Å²) in [5.74, 6) is 0.351. The van der Waals surface area contributed by atoms with Gasteiger partial charge in [-0.2, -0.15) is 0 Å². The van der Waals surface area contributed by atoms with Gasteiger partial charge in [0.15, 0.2) is 0 Å². The lowest BCUT2D eigenvalue weighted by molar-refractivity contribution is -0.119. The van der Waals surface area contributed by atoms with Crippen molar-refractivity contribution in [2.75, 3.05) is 11.9 Å². The molecule has 0 aliphatic heterocycles. The molecular weight excluding hydrogens is 366 g/mol. The molecule has 144 valence electrons. The van der Waals surface area contributed by atoms with E-state index >= 15 is 0 Å². The first-order valence-corrected chi connectivity index (χ1v) is 9.63. The van der Waals surface area contributed by atoms with Gasteiger partial charge in [-0.25, -0.2) is 0 Å². The molecule has 1 aliphatic carbocycles. The van der Waals surface area contributed by atoms with Crippen LogP contribution in [-0.2, 0) is 11.3 Å². The molecule has 0 atom stereocenters. The van der Waals surface area contributed by atoms with E-state index in [0.29, 0.717) is 28.6 Å². The molecule has 0 radical (unpaired) electrons. The number of furan rings is 1. The summed E-state index contributed by atoms with van der Waals surface area (Å²) >= 11 is 6.20. The van der Waals surface area contributed by atoms with Gasteiger partial charge in [0, 0.05) is 11.7 Å². The van der Waals surface area contributed by atoms with Crippen molar-refractivity contribution in [1.82, 2.24) is 10.6 Å². The highest BCUT2D eigenvalue weighted by molar-refractivity contribution is 6.34. The second kappa shape index (κ2) is 9.46. The van der Waals surface area contributed by atoms with Gasteiger partial charge in [0.25, 0.3) is 5.91 Å². The monoisotopic (exact) mass is 389 g/mol. The molecule has 6 nitrogen and oxygen atoms in total. The number of carbonyl (C=O) groups is 2. The Kier molecular flexibility index (Phi) is 6.76. The van der Waals surface area contributed by atoms with Crippen molar-refractivity contribution < 1.29 is 14.0 Å². The predicted molar refractivity (Wildman–Crippen MR) is 105 cm³/mol. The minimum absolute atomic E-state index is 0.0893. The molecule has 1 aromatic carbocycles. The maximum absolute atomic E-state index is 12.5. The third-order valence-corrected chi connectivity index (χ3v) is 4.97. The number of rotatable bonds is 7. The Morgan fingerprint density at radius 1 is 1.15 bits per heavy atom. The zero-order chi connectivity index (χ0) is 19.1. The molecule has 2 amide bonds. The second-order valence-electron chi connectivity index (χ2n) is 6.71. The highest BCUT2D eigenvalue weighted by Gasteiger charge is 2.18. The molecule has 1 aromatic heterocycles. The number of benzene rings is 1. The van der Waals surface area contributed by atoms with Crippen LogP contribution in [0.2, 0.25) is 5.02 Å². The highest BCUT2D eigenvalue weighted by Crippen LogP contribution is 2.22. The molecule has 1 heterocycles. The topological polar surface area (TPSA) is 83.4 Å². The summed E-state index contributed by atoms with van der Waals surface area (Å²) in [5.41, 5.74) is 1.09. The summed E-state index contributed by atoms with van der Waals surface area (Å²) < 4.78 is 5.17. The maximum Gasteiger partial charge on any atom is 0.253 e. The van der Waals surface area contributed by atoms with Crippen molar-refractivity contribution in [1.29, 1.82) is 0 Å². The lowest BCUT2D eigenvalue weighted by atomic mass is 9.95. The molecule has 0 saturated heterocycles. The van der Waals surface area contributed by atoms with E-state index in [4.69, 9.17) is 16.0 Å². The van der Waals surface area contributed by atoms with Crippen molar-refractivity contribution in [2.24, 2.45) is 0 Å². The fourth-order valence-electron chi connectivity index (χ4n) is 3.16. The minimum Gasteiger partial charge on any atom is -0.467 e. The maximum atomic E-state index is 12.5. The van der Waals surface area contributed by atoms with Gasteiger partial charge in [-0.1, -0.05) is 30.9 Å². The number of hydrogen-bond donors (Lipinski definition) is 3. The van der Waals surface area contributed by atoms with Crippen LogP contribution in [0, 0.1) is 0 Å². The van der Waals surface area contributed by atoms with E-state index < -0.39 is 0 Å². The van der Waals surface area contributed by atoms with E-state index in [-0.39, 0.29) is 24.4 Å². The fraction of sp³-hybridized carbons (Fsp3) is 0.400. The summed E-state index contributed by atoms with van der Waals surface area (Å²) in [6.07, 6.45) is 7.11. The summed E-state index contributed by atoms with van der Waals surface area (Å²) in [4.78, 5) is 24.5. The number of anilines is 1. The van der Waals surface area contributed by atoms with Gasteiger partial charge in [0.1, 0.15) is 5.76 Å². The van der Waals surface area contributed by atoms with Crippen molar-refractivity contribution >= 4 is 29.1 Å². The predicted octanol–water partition coefficient (Wildman–Crippen LogP) is 3.72. The van der Waals surface area contributed by atoms with Crippen LogP contribution >= 0.6 is 11.6 Å². The average Bonchev–Trinajstić information content (AvgIpc) is 3.20. The van der Waals surface area contributed by atoms with E-state index in [1.807, 2.05) is 0 Å². The Bertz CT molecular complexity index is 771. The molecule has 0 spiro atoms. The molecule has 1 saturated carbocycles. The second-order valence-corrected chi connectivity index (χ2v) is 7.12. The molecule has 0 unspecified atom stereocenters. The standard InChI is InChI=1S/C20H24ClN3O3/c21-18-9-8-15(22-13-19(25)23-12-16-7-4-10-27-16)11-17(18)20(26)24-14-5-2-1-3-6-14/h4,7-11,14,22H,1-3,5-6,12-13H2,(H,23,25)(H,24,26). The van der Waals surface area contributed by atoms with Crippen LogP contribution in [0.1, 0.15) is 48.2 Å². The molecule has 1 fully saturated rings. The zero-order valence-electron chi connectivity index (χ0n) is 15.1. The van der Waals surface area contributed by atoms with Crippen LogP contribution < -0.4 is 16.0 Å². The third kappa shape index (κ3) is 5.76. The van der Waals surface area contributed by atoms with Crippen LogP contribution in [-0.4, -0.2) is 24.4 Å². The number of nitrogens with one attached hydrogen (secondary N) is 3. The van der Waals surface area contributed by atoms with Gasteiger partial charge in [-0.3, -0.25) is 9.59 Å². The quantitative estimate of drug-likeness (QED) is 0.673. The first-order valence-electron chi connectivity index (χ1n) is 9.25. The van der Waals surface area contributed by atoms with E-state index in [2.05, 4.69) is 16.0 Å². The molecule has 0 bridgehead atoms. The first kappa shape index (κ1) is 19.3. The smallest absolute Gasteiger partial charge is 0.253 e. The van der Waals surface area contributed by atoms with E-state index in [9.17, 15) is 9.59 Å². The Balaban J connectivity index is 1.52. The lowest BCUT2D eigenvalue weighted by Gasteiger charge is -2.23. The van der Waals surface area contributed by atoms with Crippen molar-refractivity contribution in [3.8, 4) is 0 Å². The van der Waals surface area contributed by atoms with Crippen LogP contribution in [0.5, 0.6) is 0 Å². The highest BCUT2D eigenvalue weighted by atomic mass is 35.5. The van der Waals surface area contributed by atoms with Gasteiger partial charge in [0.2, 0.25) is 5.91 Å². The summed E-state index contributed by atoms with van der Waals surface area (Å²) in [6.45, 7) is 0.426. The summed E-state index contributed by atoms with van der Waals surface area (Å²) in [6, 6.07) is 8.88. The SMILES string of the molecule is O=C(CNc1ccc(Cl)c(C(=O)NC2CCCCC2)c1)NCc1ccco1. The Morgan fingerprint density at radius 3 is 2.70 bits per heavy atom. The first-order chi connectivity index (χ1) is 13.1. The molecule has 27 heavy (non-hydrogen) atoms. The summed E-state index contributed by atoms with van der Waals surface area (Å²) in [5, 5.41) is 9.24. The van der Waals surface area contributed by atoms with E-state index in [0.717, 1.165) is 25.7 Å². The molecule has 2 aromatic rings. The van der Waals surface area contributed by atoms with Crippen LogP contribution in [0.25, 0.3) is 0 Å². The number of halogens is 1. The van der Waals surface area contributed by atoms with Gasteiger partial charge < -0.3 is 20.4 Å². The molecule has 1 aliphatic rings. The lowest BCUT2D eigenvalue weighted by Crippen LogP contribution is -2.36. The van der Waals surface area contributed by atoms with E-state index in [1.165, 1.54) is 6.42 Å². The fourth-order valence-corrected chi connectivity index (χ4v) is 3.37. The van der Waals surface area contributed by atoms with Crippen molar-refractivity contribution in [3.63, 3.8) is 0 Å². The number of hydrogen-bond acceptors (Lipinski definition) is 4. The van der Waals surface area contributed by atoms with Gasteiger partial charge in [0.05, 0.1) is 29.9 Å². The summed E-state index contributed by atoms with van der Waals surface area (Å²) in [7, 11) is 0. The van der Waals surface area contributed by atoms with E-state index in [1.54, 1.807) is 36.6 Å². The zero-order valence-corrected chi connectivity index (χ0v) is 15.8. The van der Waals surface area contributed by atoms with Crippen LogP contribution in [0.3, 0.4) is 0 Å². The Hall–Kier alpha value is -2.47. The minimum atomic E-state index is -0.172. The largest absolute Gasteiger partial charge is 0.467 e. The van der Waals surface area contributed by atoms with Crippen molar-refractivity contribution in [2.45, 2.75) is 44.7 Å². The Labute approximate surface area is 163 Å². The van der Waals surface area contributed by atoms with Crippen molar-refractivity contribution in [3.05, 3.63) is 52.9 Å². The normalized spacial score (nSPS) is 14.6. The van der Waals surface area contributed by atoms with Gasteiger partial charge in [-0.05, 0) is 43.2 Å². The van der Waals surface area contributed by atoms with Gasteiger partial charge >= 0.3 is 0 Å². The molecule has 7 heteroatoms. The number of carbonyl (C=O) groups excluding carboxylic acids is 2. The van der Waals surface area contributed by atoms with Crippen LogP contribution in [0.15, 0.2) is 41.0 Å². The number of amides is 2. The third-order valence-electron chi connectivity index (χ3n) is 4.64.